The minimum atomic E-state index is 0.432. The largest absolute Gasteiger partial charge is 0.313 e. The molecule has 0 unspecified atom stereocenters. The van der Waals surface area contributed by atoms with Gasteiger partial charge in [-0.3, -0.25) is 0 Å². The van der Waals surface area contributed by atoms with Crippen LogP contribution in [0.1, 0.15) is 55.2 Å². The van der Waals surface area contributed by atoms with E-state index in [1.54, 1.807) is 5.56 Å². The number of aryl methyl sites for hydroxylation is 2. The van der Waals surface area contributed by atoms with Crippen LogP contribution in [0.25, 0.3) is 0 Å². The molecule has 1 heteroatoms. The van der Waals surface area contributed by atoms with Gasteiger partial charge in [0, 0.05) is 18.0 Å². The SMILES string of the molecule is Cc1ccc(C2(CNC3CC3)CCCC2)cc1C. The summed E-state index contributed by atoms with van der Waals surface area (Å²) in [4.78, 5) is 0. The minimum absolute atomic E-state index is 0.432. The van der Waals surface area contributed by atoms with Crippen molar-refractivity contribution >= 4 is 0 Å². The third-order valence-corrected chi connectivity index (χ3v) is 4.99. The van der Waals surface area contributed by atoms with E-state index in [9.17, 15) is 0 Å². The standard InChI is InChI=1S/C17H25N/c1-13-5-6-15(11-14(13)2)17(9-3-4-10-17)12-18-16-7-8-16/h5-6,11,16,18H,3-4,7-10,12H2,1-2H3. The Morgan fingerprint density at radius 3 is 2.44 bits per heavy atom. The molecule has 1 aromatic carbocycles. The summed E-state index contributed by atoms with van der Waals surface area (Å²) in [5.74, 6) is 0. The molecule has 1 nitrogen and oxygen atoms in total. The third kappa shape index (κ3) is 2.33. The van der Waals surface area contributed by atoms with E-state index in [-0.39, 0.29) is 0 Å². The summed E-state index contributed by atoms with van der Waals surface area (Å²) in [6.07, 6.45) is 8.33. The van der Waals surface area contributed by atoms with Gasteiger partial charge < -0.3 is 5.32 Å². The molecule has 1 N–H and O–H groups in total. The van der Waals surface area contributed by atoms with Gasteiger partial charge in [-0.15, -0.1) is 0 Å². The normalized spacial score (nSPS) is 22.3. The third-order valence-electron chi connectivity index (χ3n) is 4.99. The average Bonchev–Trinajstić information content (AvgIpc) is 3.08. The zero-order valence-corrected chi connectivity index (χ0v) is 11.8. The maximum Gasteiger partial charge on any atom is 0.00779 e. The zero-order chi connectivity index (χ0) is 12.6. The second-order valence-electron chi connectivity index (χ2n) is 6.44. The lowest BCUT2D eigenvalue weighted by Gasteiger charge is -2.31. The van der Waals surface area contributed by atoms with Gasteiger partial charge in [0.05, 0.1) is 0 Å². The molecule has 0 aliphatic heterocycles. The highest BCUT2D eigenvalue weighted by Crippen LogP contribution is 2.41. The molecule has 18 heavy (non-hydrogen) atoms. The van der Waals surface area contributed by atoms with E-state index in [0.29, 0.717) is 5.41 Å². The molecule has 0 amide bonds. The molecule has 98 valence electrons. The van der Waals surface area contributed by atoms with Crippen molar-refractivity contribution in [2.45, 2.75) is 63.8 Å². The van der Waals surface area contributed by atoms with E-state index in [1.165, 1.54) is 56.2 Å². The highest BCUT2D eigenvalue weighted by Gasteiger charge is 2.37. The molecule has 0 saturated heterocycles. The van der Waals surface area contributed by atoms with Gasteiger partial charge in [-0.05, 0) is 56.2 Å². The summed E-state index contributed by atoms with van der Waals surface area (Å²) in [6, 6.07) is 7.95. The van der Waals surface area contributed by atoms with E-state index in [0.717, 1.165) is 6.04 Å². The van der Waals surface area contributed by atoms with Crippen molar-refractivity contribution in [1.29, 1.82) is 0 Å². The summed E-state index contributed by atoms with van der Waals surface area (Å²) < 4.78 is 0. The predicted octanol–water partition coefficient (Wildman–Crippen LogP) is 3.87. The Balaban J connectivity index is 1.84. The maximum atomic E-state index is 3.77. The summed E-state index contributed by atoms with van der Waals surface area (Å²) in [5.41, 5.74) is 4.88. The molecule has 0 aromatic heterocycles. The van der Waals surface area contributed by atoms with E-state index in [4.69, 9.17) is 0 Å². The summed E-state index contributed by atoms with van der Waals surface area (Å²) >= 11 is 0. The molecule has 2 aliphatic rings. The second kappa shape index (κ2) is 4.70. The Kier molecular flexibility index (Phi) is 3.19. The molecule has 0 bridgehead atoms. The van der Waals surface area contributed by atoms with Crippen LogP contribution in [-0.2, 0) is 5.41 Å². The molecule has 3 rings (SSSR count). The van der Waals surface area contributed by atoms with Crippen molar-refractivity contribution in [1.82, 2.24) is 5.32 Å². The van der Waals surface area contributed by atoms with E-state index >= 15 is 0 Å². The number of rotatable bonds is 4. The Labute approximate surface area is 111 Å². The summed E-state index contributed by atoms with van der Waals surface area (Å²) in [6.45, 7) is 5.65. The first-order valence-electron chi connectivity index (χ1n) is 7.51. The van der Waals surface area contributed by atoms with Crippen LogP contribution < -0.4 is 5.32 Å². The van der Waals surface area contributed by atoms with Gasteiger partial charge in [0.1, 0.15) is 0 Å². The van der Waals surface area contributed by atoms with E-state index in [1.807, 2.05) is 0 Å². The van der Waals surface area contributed by atoms with Crippen LogP contribution in [0.2, 0.25) is 0 Å². The lowest BCUT2D eigenvalue weighted by Crippen LogP contribution is -2.37. The van der Waals surface area contributed by atoms with Crippen LogP contribution in [0, 0.1) is 13.8 Å². The maximum absolute atomic E-state index is 3.77. The fourth-order valence-electron chi connectivity index (χ4n) is 3.32. The van der Waals surface area contributed by atoms with Gasteiger partial charge in [-0.1, -0.05) is 31.0 Å². The first-order valence-corrected chi connectivity index (χ1v) is 7.51. The Hall–Kier alpha value is -0.820. The van der Waals surface area contributed by atoms with Gasteiger partial charge in [-0.2, -0.15) is 0 Å². The van der Waals surface area contributed by atoms with Crippen molar-refractivity contribution in [2.24, 2.45) is 0 Å². The number of hydrogen-bond donors (Lipinski definition) is 1. The Morgan fingerprint density at radius 2 is 1.83 bits per heavy atom. The topological polar surface area (TPSA) is 12.0 Å². The van der Waals surface area contributed by atoms with Crippen LogP contribution in [0.4, 0.5) is 0 Å². The minimum Gasteiger partial charge on any atom is -0.313 e. The average molecular weight is 243 g/mol. The number of nitrogens with one attached hydrogen (secondary N) is 1. The van der Waals surface area contributed by atoms with Crippen LogP contribution in [-0.4, -0.2) is 12.6 Å². The summed E-state index contributed by atoms with van der Waals surface area (Å²) in [7, 11) is 0. The lowest BCUT2D eigenvalue weighted by atomic mass is 9.78. The zero-order valence-electron chi connectivity index (χ0n) is 11.8. The molecule has 0 atom stereocenters. The van der Waals surface area contributed by atoms with Crippen LogP contribution in [0.15, 0.2) is 18.2 Å². The first-order chi connectivity index (χ1) is 8.70. The van der Waals surface area contributed by atoms with Crippen LogP contribution in [0.5, 0.6) is 0 Å². The van der Waals surface area contributed by atoms with Crippen molar-refractivity contribution in [3.05, 3.63) is 34.9 Å². The molecule has 2 aliphatic carbocycles. The molecule has 0 radical (unpaired) electrons. The van der Waals surface area contributed by atoms with Crippen molar-refractivity contribution < 1.29 is 0 Å². The van der Waals surface area contributed by atoms with Crippen LogP contribution in [0.3, 0.4) is 0 Å². The molecular weight excluding hydrogens is 218 g/mol. The van der Waals surface area contributed by atoms with Gasteiger partial charge in [0.2, 0.25) is 0 Å². The Bertz CT molecular complexity index is 425. The van der Waals surface area contributed by atoms with Gasteiger partial charge >= 0.3 is 0 Å². The van der Waals surface area contributed by atoms with E-state index < -0.39 is 0 Å². The molecule has 2 saturated carbocycles. The Morgan fingerprint density at radius 1 is 1.11 bits per heavy atom. The highest BCUT2D eigenvalue weighted by molar-refractivity contribution is 5.35. The molecular formula is C17H25N. The fraction of sp³-hybridized carbons (Fsp3) is 0.647. The highest BCUT2D eigenvalue weighted by atomic mass is 15.0. The van der Waals surface area contributed by atoms with E-state index in [2.05, 4.69) is 37.4 Å². The molecule has 1 aromatic rings. The molecule has 0 heterocycles. The van der Waals surface area contributed by atoms with Crippen molar-refractivity contribution in [2.75, 3.05) is 6.54 Å². The molecule has 0 spiro atoms. The van der Waals surface area contributed by atoms with Crippen molar-refractivity contribution in [3.63, 3.8) is 0 Å². The molecule has 2 fully saturated rings. The smallest absolute Gasteiger partial charge is 0.00779 e. The second-order valence-corrected chi connectivity index (χ2v) is 6.44. The van der Waals surface area contributed by atoms with Crippen LogP contribution >= 0.6 is 0 Å². The number of benzene rings is 1. The quantitative estimate of drug-likeness (QED) is 0.846. The predicted molar refractivity (Wildman–Crippen MR) is 77.1 cm³/mol. The van der Waals surface area contributed by atoms with Gasteiger partial charge in [-0.25, -0.2) is 0 Å². The van der Waals surface area contributed by atoms with Gasteiger partial charge in [0.25, 0.3) is 0 Å². The first kappa shape index (κ1) is 12.2. The number of hydrogen-bond acceptors (Lipinski definition) is 1. The fourth-order valence-corrected chi connectivity index (χ4v) is 3.32. The van der Waals surface area contributed by atoms with Gasteiger partial charge in [0.15, 0.2) is 0 Å². The lowest BCUT2D eigenvalue weighted by molar-refractivity contribution is 0.403. The monoisotopic (exact) mass is 243 g/mol. The summed E-state index contributed by atoms with van der Waals surface area (Å²) in [5, 5.41) is 3.77. The van der Waals surface area contributed by atoms with Crippen molar-refractivity contribution in [3.8, 4) is 0 Å².